The van der Waals surface area contributed by atoms with E-state index in [2.05, 4.69) is 57.7 Å². The first-order chi connectivity index (χ1) is 7.20. The van der Waals surface area contributed by atoms with Crippen LogP contribution in [0.5, 0.6) is 0 Å². The molecule has 0 spiro atoms. The molecule has 0 saturated heterocycles. The number of halogens is 2. The van der Waals surface area contributed by atoms with Gasteiger partial charge in [-0.1, -0.05) is 19.9 Å². The molecule has 0 aliphatic heterocycles. The zero-order chi connectivity index (χ0) is 11.3. The van der Waals surface area contributed by atoms with E-state index in [9.17, 15) is 0 Å². The molecular formula is C14H25Cl2NO2Ti. The van der Waals surface area contributed by atoms with Crippen LogP contribution in [-0.2, 0) is 21.7 Å². The van der Waals surface area contributed by atoms with E-state index in [-0.39, 0.29) is 57.5 Å². The number of nitrogens with zero attached hydrogens (tertiary/aromatic N) is 1. The molecule has 3 nitrogen and oxygen atoms in total. The van der Waals surface area contributed by atoms with Gasteiger partial charge in [0.15, 0.2) is 0 Å². The topological polar surface area (TPSA) is 75.9 Å². The van der Waals surface area contributed by atoms with Crippen LogP contribution in [0.15, 0.2) is 24.4 Å². The monoisotopic (exact) mass is 357 g/mol. The number of aromatic nitrogens is 1. The summed E-state index contributed by atoms with van der Waals surface area (Å²) in [5.41, 5.74) is 1.20. The summed E-state index contributed by atoms with van der Waals surface area (Å²) >= 11 is 0. The second-order valence-corrected chi connectivity index (χ2v) is 4.17. The molecule has 0 bridgehead atoms. The maximum absolute atomic E-state index is 4.48. The molecule has 0 aliphatic carbocycles. The predicted molar refractivity (Wildman–Crippen MR) is 72.5 cm³/mol. The summed E-state index contributed by atoms with van der Waals surface area (Å²) in [6, 6.07) is 6.17. The van der Waals surface area contributed by atoms with Gasteiger partial charge in [-0.15, -0.1) is 0 Å². The van der Waals surface area contributed by atoms with Crippen molar-refractivity contribution in [2.24, 2.45) is 11.8 Å². The molecule has 1 aromatic heterocycles. The SMILES string of the molecule is C[CH-]C(C)C(c1ccccn1)C(C)[CH-]C.O.O.[Cl-].[Cl-].[Ti+4]. The van der Waals surface area contributed by atoms with Gasteiger partial charge in [-0.2, -0.15) is 25.7 Å². The van der Waals surface area contributed by atoms with Crippen LogP contribution in [0.3, 0.4) is 0 Å². The number of rotatable bonds is 5. The Morgan fingerprint density at radius 3 is 1.70 bits per heavy atom. The van der Waals surface area contributed by atoms with E-state index < -0.39 is 0 Å². The van der Waals surface area contributed by atoms with Gasteiger partial charge in [0.25, 0.3) is 0 Å². The predicted octanol–water partition coefficient (Wildman–Crippen LogP) is -3.76. The van der Waals surface area contributed by atoms with Gasteiger partial charge in [0.05, 0.1) is 0 Å². The van der Waals surface area contributed by atoms with Gasteiger partial charge in [0.1, 0.15) is 0 Å². The zero-order valence-electron chi connectivity index (χ0n) is 12.4. The third-order valence-corrected chi connectivity index (χ3v) is 3.21. The third kappa shape index (κ3) is 9.33. The molecule has 20 heavy (non-hydrogen) atoms. The van der Waals surface area contributed by atoms with Crippen molar-refractivity contribution in [3.8, 4) is 0 Å². The quantitative estimate of drug-likeness (QED) is 0.394. The molecule has 1 heterocycles. The smallest absolute Gasteiger partial charge is 1.00 e. The van der Waals surface area contributed by atoms with E-state index in [1.54, 1.807) is 0 Å². The van der Waals surface area contributed by atoms with Crippen LogP contribution in [0.1, 0.15) is 39.3 Å². The second-order valence-electron chi connectivity index (χ2n) is 4.17. The van der Waals surface area contributed by atoms with Crippen LogP contribution in [0, 0.1) is 24.7 Å². The molecule has 2 atom stereocenters. The van der Waals surface area contributed by atoms with Crippen LogP contribution in [0.4, 0.5) is 0 Å². The van der Waals surface area contributed by atoms with Crippen LogP contribution in [0.2, 0.25) is 0 Å². The van der Waals surface area contributed by atoms with Crippen LogP contribution in [-0.4, -0.2) is 15.9 Å². The van der Waals surface area contributed by atoms with Crippen molar-refractivity contribution in [2.75, 3.05) is 0 Å². The molecule has 0 aromatic carbocycles. The fourth-order valence-electron chi connectivity index (χ4n) is 2.01. The Bertz CT molecular complexity index is 282. The van der Waals surface area contributed by atoms with Crippen LogP contribution >= 0.6 is 0 Å². The van der Waals surface area contributed by atoms with Gasteiger partial charge in [-0.05, 0) is 18.1 Å². The Kier molecular flexibility index (Phi) is 28.2. The summed E-state index contributed by atoms with van der Waals surface area (Å²) in [5, 5.41) is 0. The molecule has 116 valence electrons. The van der Waals surface area contributed by atoms with Crippen molar-refractivity contribution in [2.45, 2.75) is 33.6 Å². The van der Waals surface area contributed by atoms with E-state index in [1.165, 1.54) is 5.69 Å². The summed E-state index contributed by atoms with van der Waals surface area (Å²) in [6.45, 7) is 8.78. The minimum Gasteiger partial charge on any atom is -1.00 e. The zero-order valence-corrected chi connectivity index (χ0v) is 15.5. The van der Waals surface area contributed by atoms with E-state index in [0.717, 1.165) is 0 Å². The molecule has 0 fully saturated rings. The van der Waals surface area contributed by atoms with E-state index in [4.69, 9.17) is 0 Å². The maximum atomic E-state index is 4.48. The van der Waals surface area contributed by atoms with Gasteiger partial charge >= 0.3 is 21.7 Å². The van der Waals surface area contributed by atoms with Crippen molar-refractivity contribution in [1.29, 1.82) is 0 Å². The molecule has 0 saturated carbocycles. The Morgan fingerprint density at radius 2 is 1.40 bits per heavy atom. The fraction of sp³-hybridized carbons (Fsp3) is 0.500. The number of pyridine rings is 1. The van der Waals surface area contributed by atoms with Crippen molar-refractivity contribution < 1.29 is 57.5 Å². The molecule has 6 heteroatoms. The van der Waals surface area contributed by atoms with Gasteiger partial charge in [0, 0.05) is 11.9 Å². The Hall–Kier alpha value is 0.364. The van der Waals surface area contributed by atoms with E-state index >= 15 is 0 Å². The van der Waals surface area contributed by atoms with Gasteiger partial charge in [0.2, 0.25) is 0 Å². The first-order valence-electron chi connectivity index (χ1n) is 5.70. The van der Waals surface area contributed by atoms with Gasteiger partial charge < -0.3 is 48.6 Å². The third-order valence-electron chi connectivity index (χ3n) is 3.21. The fourth-order valence-corrected chi connectivity index (χ4v) is 2.01. The van der Waals surface area contributed by atoms with Crippen LogP contribution in [0.25, 0.3) is 0 Å². The molecule has 2 unspecified atom stereocenters. The molecule has 4 N–H and O–H groups in total. The first kappa shape index (κ1) is 32.3. The Balaban J connectivity index is -0.000000150. The first-order valence-corrected chi connectivity index (χ1v) is 5.70. The Morgan fingerprint density at radius 1 is 0.950 bits per heavy atom. The molecule has 0 radical (unpaired) electrons. The molecular weight excluding hydrogens is 333 g/mol. The number of hydrogen-bond acceptors (Lipinski definition) is 1. The van der Waals surface area contributed by atoms with Gasteiger partial charge in [-0.25, -0.2) is 0 Å². The molecule has 0 amide bonds. The minimum atomic E-state index is 0. The summed E-state index contributed by atoms with van der Waals surface area (Å²) in [7, 11) is 0. The second kappa shape index (κ2) is 17.4. The summed E-state index contributed by atoms with van der Waals surface area (Å²) in [4.78, 5) is 4.48. The van der Waals surface area contributed by atoms with E-state index in [1.807, 2.05) is 12.3 Å². The average molecular weight is 358 g/mol. The van der Waals surface area contributed by atoms with Crippen molar-refractivity contribution in [3.63, 3.8) is 0 Å². The molecule has 0 aliphatic rings. The van der Waals surface area contributed by atoms with Gasteiger partial charge in [-0.3, -0.25) is 4.98 Å². The minimum absolute atomic E-state index is 0. The number of hydrogen-bond donors (Lipinski definition) is 0. The maximum Gasteiger partial charge on any atom is 4.00 e. The average Bonchev–Trinajstić information content (AvgIpc) is 2.30. The van der Waals surface area contributed by atoms with Crippen molar-refractivity contribution >= 4 is 0 Å². The standard InChI is InChI=1S/C14H21N.2ClH.2H2O.Ti/c1-5-11(3)14(12(4)6-2)13-9-7-8-10-15-13;;;;;/h5-12,14H,1-4H3;2*1H;2*1H2;/q-2;;;;;+4/p-2. The van der Waals surface area contributed by atoms with Crippen LogP contribution < -0.4 is 24.8 Å². The van der Waals surface area contributed by atoms with Crippen molar-refractivity contribution in [3.05, 3.63) is 42.9 Å². The van der Waals surface area contributed by atoms with E-state index in [0.29, 0.717) is 17.8 Å². The van der Waals surface area contributed by atoms with Crippen molar-refractivity contribution in [1.82, 2.24) is 4.98 Å². The Labute approximate surface area is 150 Å². The summed E-state index contributed by atoms with van der Waals surface area (Å²) < 4.78 is 0. The largest absolute Gasteiger partial charge is 4.00 e. The summed E-state index contributed by atoms with van der Waals surface area (Å²) in [6.07, 6.45) is 6.41. The molecule has 1 aromatic rings. The summed E-state index contributed by atoms with van der Waals surface area (Å²) in [5.74, 6) is 1.62. The normalized spacial score (nSPS) is 12.8. The molecule has 1 rings (SSSR count).